The SMILES string of the molecule is C=Cc1c(C)c2n3c1C=c1c(C)c(CC)c4n1C31[N+]3=C(C=4)C(C)=C4C3=C(CC4C)C3=[N+]1C(=C2)C(C)C3CCC(=O)OC. The highest BCUT2D eigenvalue weighted by molar-refractivity contribution is 6.20. The molecule has 0 bridgehead atoms. The predicted octanol–water partition coefficient (Wildman–Crippen LogP) is 4.28. The molecule has 1 aliphatic carbocycles. The zero-order valence-electron chi connectivity index (χ0n) is 25.7. The molecule has 0 radical (unpaired) electrons. The molecule has 6 aliphatic heterocycles. The third kappa shape index (κ3) is 2.29. The topological polar surface area (TPSA) is 42.2 Å². The highest BCUT2D eigenvalue weighted by Gasteiger charge is 2.76. The summed E-state index contributed by atoms with van der Waals surface area (Å²) in [6.07, 6.45) is 12.7. The van der Waals surface area contributed by atoms with Gasteiger partial charge in [0.15, 0.2) is 5.70 Å². The van der Waals surface area contributed by atoms with E-state index in [4.69, 9.17) is 4.74 Å². The highest BCUT2D eigenvalue weighted by atomic mass is 16.5. The first-order chi connectivity index (χ1) is 20.2. The van der Waals surface area contributed by atoms with E-state index in [1.165, 1.54) is 91.0 Å². The first kappa shape index (κ1) is 24.6. The van der Waals surface area contributed by atoms with Crippen LogP contribution in [0.3, 0.4) is 0 Å². The first-order valence-electron chi connectivity index (χ1n) is 15.6. The second kappa shape index (κ2) is 7.52. The fourth-order valence-electron chi connectivity index (χ4n) is 9.96. The molecule has 0 N–H and O–H groups in total. The monoisotopic (exact) mass is 558 g/mol. The normalized spacial score (nSPS) is 28.3. The van der Waals surface area contributed by atoms with Crippen LogP contribution in [0.5, 0.6) is 0 Å². The lowest BCUT2D eigenvalue weighted by molar-refractivity contribution is -0.839. The minimum Gasteiger partial charge on any atom is -0.469 e. The van der Waals surface area contributed by atoms with E-state index < -0.39 is 5.91 Å². The molecule has 8 heterocycles. The zero-order chi connectivity index (χ0) is 29.1. The van der Waals surface area contributed by atoms with Crippen LogP contribution in [0.25, 0.3) is 24.3 Å². The van der Waals surface area contributed by atoms with Gasteiger partial charge in [0, 0.05) is 35.3 Å². The molecule has 2 aromatic rings. The standard InChI is InChI=1S/C36H38N4O2/c1-9-22-18(4)26-14-28-20(6)24(11-12-32(41)42-8)34-25-13-17(3)33-21(7)29-16-31-23(10-2)19(5)27-15-30(22)37(26)36(38(27)31,39(28)34)40(29)35(25)33/h9,14-17,20,24H,1,10-13H2,2-8H3/q+2. The molecular formula is C36H38N4O2+2. The van der Waals surface area contributed by atoms with Gasteiger partial charge in [-0.2, -0.15) is 9.13 Å². The molecule has 42 heavy (non-hydrogen) atoms. The second-order valence-corrected chi connectivity index (χ2v) is 13.3. The summed E-state index contributed by atoms with van der Waals surface area (Å²) < 4.78 is 15.9. The van der Waals surface area contributed by atoms with Crippen LogP contribution >= 0.6 is 0 Å². The molecular weight excluding hydrogens is 520 g/mol. The first-order valence-corrected chi connectivity index (χ1v) is 15.6. The van der Waals surface area contributed by atoms with Gasteiger partial charge in [0.25, 0.3) is 0 Å². The van der Waals surface area contributed by atoms with Crippen LogP contribution in [0.1, 0.15) is 80.6 Å². The van der Waals surface area contributed by atoms with Crippen molar-refractivity contribution in [2.24, 2.45) is 17.8 Å². The maximum Gasteiger partial charge on any atom is 0.553 e. The van der Waals surface area contributed by atoms with Gasteiger partial charge in [0.2, 0.25) is 17.1 Å². The average Bonchev–Trinajstić information content (AvgIpc) is 3.71. The molecule has 7 aliphatic rings. The smallest absolute Gasteiger partial charge is 0.469 e. The third-order valence-electron chi connectivity index (χ3n) is 11.7. The van der Waals surface area contributed by atoms with Gasteiger partial charge in [0.1, 0.15) is 0 Å². The number of fused-ring (bicyclic) bond motifs is 1. The average molecular weight is 559 g/mol. The Morgan fingerprint density at radius 3 is 2.60 bits per heavy atom. The van der Waals surface area contributed by atoms with Gasteiger partial charge in [-0.1, -0.05) is 42.6 Å². The van der Waals surface area contributed by atoms with Crippen LogP contribution in [0, 0.1) is 31.6 Å². The summed E-state index contributed by atoms with van der Waals surface area (Å²) in [5.41, 5.74) is 17.8. The molecule has 4 unspecified atom stereocenters. The highest BCUT2D eigenvalue weighted by Crippen LogP contribution is 2.58. The molecule has 0 saturated carbocycles. The lowest BCUT2D eigenvalue weighted by Gasteiger charge is -2.38. The summed E-state index contributed by atoms with van der Waals surface area (Å²) in [6.45, 7) is 18.3. The number of rotatable bonds is 5. The Balaban J connectivity index is 1.52. The van der Waals surface area contributed by atoms with Crippen molar-refractivity contribution in [3.8, 4) is 0 Å². The predicted molar refractivity (Wildman–Crippen MR) is 164 cm³/mol. The Labute approximate surface area is 246 Å². The van der Waals surface area contributed by atoms with Crippen molar-refractivity contribution in [1.82, 2.24) is 9.13 Å². The van der Waals surface area contributed by atoms with Crippen molar-refractivity contribution in [2.45, 2.75) is 73.1 Å². The van der Waals surface area contributed by atoms with E-state index in [2.05, 4.69) is 90.7 Å². The van der Waals surface area contributed by atoms with Crippen molar-refractivity contribution in [3.63, 3.8) is 0 Å². The Hall–Kier alpha value is -3.93. The van der Waals surface area contributed by atoms with Gasteiger partial charge in [-0.15, -0.1) is 0 Å². The number of carbonyl (C=O) groups is 1. The largest absolute Gasteiger partial charge is 0.553 e. The summed E-state index contributed by atoms with van der Waals surface area (Å²) in [7, 11) is 1.50. The fourth-order valence-corrected chi connectivity index (χ4v) is 9.96. The molecule has 2 aromatic heterocycles. The molecule has 6 heteroatoms. The van der Waals surface area contributed by atoms with Gasteiger partial charge in [0.05, 0.1) is 46.6 Å². The molecule has 0 fully saturated rings. The summed E-state index contributed by atoms with van der Waals surface area (Å²) >= 11 is 0. The van der Waals surface area contributed by atoms with Crippen LogP contribution in [-0.2, 0) is 21.9 Å². The van der Waals surface area contributed by atoms with Crippen LogP contribution in [0.2, 0.25) is 0 Å². The van der Waals surface area contributed by atoms with Gasteiger partial charge in [-0.3, -0.25) is 4.79 Å². The van der Waals surface area contributed by atoms with Crippen molar-refractivity contribution >= 4 is 41.7 Å². The van der Waals surface area contributed by atoms with Gasteiger partial charge < -0.3 is 4.74 Å². The van der Waals surface area contributed by atoms with Crippen molar-refractivity contribution in [2.75, 3.05) is 7.11 Å². The minimum atomic E-state index is -0.627. The van der Waals surface area contributed by atoms with E-state index in [9.17, 15) is 4.79 Å². The third-order valence-corrected chi connectivity index (χ3v) is 11.7. The zero-order valence-corrected chi connectivity index (χ0v) is 25.7. The fraction of sp³-hybridized carbons (Fsp3) is 0.417. The molecule has 9 rings (SSSR count). The maximum absolute atomic E-state index is 12.5. The van der Waals surface area contributed by atoms with Gasteiger partial charge in [-0.25, -0.2) is 0 Å². The number of ether oxygens (including phenoxy) is 1. The van der Waals surface area contributed by atoms with E-state index >= 15 is 0 Å². The lowest BCUT2D eigenvalue weighted by Crippen LogP contribution is -2.70. The van der Waals surface area contributed by atoms with Gasteiger partial charge in [-0.05, 0) is 68.7 Å². The Bertz CT molecular complexity index is 2080. The van der Waals surface area contributed by atoms with Gasteiger partial charge >= 0.3 is 11.9 Å². The Morgan fingerprint density at radius 1 is 1.10 bits per heavy atom. The van der Waals surface area contributed by atoms with Crippen LogP contribution in [-0.4, -0.2) is 42.8 Å². The molecule has 6 nitrogen and oxygen atoms in total. The van der Waals surface area contributed by atoms with E-state index in [1.54, 1.807) is 0 Å². The quantitative estimate of drug-likeness (QED) is 0.406. The number of aromatic nitrogens is 2. The summed E-state index contributed by atoms with van der Waals surface area (Å²) in [6, 6.07) is 0. The molecule has 1 spiro atoms. The lowest BCUT2D eigenvalue weighted by atomic mass is 9.83. The van der Waals surface area contributed by atoms with E-state index in [1.807, 2.05) is 0 Å². The molecule has 0 aromatic carbocycles. The van der Waals surface area contributed by atoms with Crippen molar-refractivity contribution in [1.29, 1.82) is 0 Å². The van der Waals surface area contributed by atoms with E-state index in [0.29, 0.717) is 12.3 Å². The number of nitrogens with zero attached hydrogens (tertiary/aromatic N) is 4. The summed E-state index contributed by atoms with van der Waals surface area (Å²) in [4.78, 5) is 12.5. The Morgan fingerprint density at radius 2 is 1.88 bits per heavy atom. The molecule has 4 atom stereocenters. The van der Waals surface area contributed by atoms with Crippen LogP contribution < -0.4 is 10.7 Å². The Kier molecular flexibility index (Phi) is 4.41. The number of allylic oxidation sites excluding steroid dienone is 4. The summed E-state index contributed by atoms with van der Waals surface area (Å²) in [5, 5.41) is 2.63. The summed E-state index contributed by atoms with van der Waals surface area (Å²) in [5.74, 6) is 0.207. The minimum absolute atomic E-state index is 0.125. The van der Waals surface area contributed by atoms with E-state index in [-0.39, 0.29) is 17.8 Å². The number of carbonyl (C=O) groups excluding carboxylic acids is 1. The maximum atomic E-state index is 12.5. The number of hydrogen-bond donors (Lipinski definition) is 0. The number of esters is 1. The van der Waals surface area contributed by atoms with Crippen LogP contribution in [0.15, 0.2) is 34.7 Å². The van der Waals surface area contributed by atoms with Crippen LogP contribution in [0.4, 0.5) is 0 Å². The molecule has 0 amide bonds. The second-order valence-electron chi connectivity index (χ2n) is 13.3. The molecule has 0 saturated heterocycles. The van der Waals surface area contributed by atoms with Crippen molar-refractivity contribution in [3.05, 3.63) is 79.0 Å². The molecule has 212 valence electrons. The number of hydrogen-bond acceptors (Lipinski definition) is 2. The number of methoxy groups -OCH3 is 1. The van der Waals surface area contributed by atoms with E-state index in [0.717, 1.165) is 19.3 Å². The van der Waals surface area contributed by atoms with Crippen molar-refractivity contribution < 1.29 is 18.7 Å².